The molecule has 118 valence electrons. The largest absolute Gasteiger partial charge is 0.322 e. The molecule has 22 heavy (non-hydrogen) atoms. The molecule has 0 radical (unpaired) electrons. The summed E-state index contributed by atoms with van der Waals surface area (Å²) in [6, 6.07) is 3.68. The van der Waals surface area contributed by atoms with E-state index in [2.05, 4.69) is 29.2 Å². The van der Waals surface area contributed by atoms with Gasteiger partial charge in [0.25, 0.3) is 0 Å². The highest BCUT2D eigenvalue weighted by atomic mass is 35.5. The third-order valence-corrected chi connectivity index (χ3v) is 4.88. The molecule has 2 aromatic rings. The smallest absolute Gasteiger partial charge is 0.225 e. The standard InChI is InChI=1S/C15H19ClN4OS/c1-10(2)13(22-3)7-14(21)18-12-9-20(19-15(12)16)11-5-4-6-17-8-11/h4-6,8-10,13H,7H2,1-3H3,(H,18,21). The molecule has 2 aromatic heterocycles. The maximum atomic E-state index is 12.2. The number of nitrogens with zero attached hydrogens (tertiary/aromatic N) is 3. The second-order valence-corrected chi connectivity index (χ2v) is 6.69. The van der Waals surface area contributed by atoms with E-state index in [4.69, 9.17) is 11.6 Å². The number of carbonyl (C=O) groups excluding carboxylic acids is 1. The molecule has 0 saturated heterocycles. The van der Waals surface area contributed by atoms with Gasteiger partial charge in [-0.3, -0.25) is 9.78 Å². The van der Waals surface area contributed by atoms with E-state index in [-0.39, 0.29) is 16.3 Å². The van der Waals surface area contributed by atoms with Crippen molar-refractivity contribution < 1.29 is 4.79 Å². The van der Waals surface area contributed by atoms with Crippen LogP contribution in [0.15, 0.2) is 30.7 Å². The number of carbonyl (C=O) groups is 1. The second-order valence-electron chi connectivity index (χ2n) is 5.26. The van der Waals surface area contributed by atoms with Crippen LogP contribution < -0.4 is 5.32 Å². The molecule has 0 bridgehead atoms. The van der Waals surface area contributed by atoms with E-state index in [1.54, 1.807) is 35.0 Å². The number of thioether (sulfide) groups is 1. The Morgan fingerprint density at radius 3 is 2.86 bits per heavy atom. The zero-order chi connectivity index (χ0) is 16.1. The van der Waals surface area contributed by atoms with Gasteiger partial charge >= 0.3 is 0 Å². The quantitative estimate of drug-likeness (QED) is 0.873. The molecule has 0 saturated carbocycles. The Hall–Kier alpha value is -1.53. The van der Waals surface area contributed by atoms with Crippen LogP contribution in [-0.4, -0.2) is 32.2 Å². The van der Waals surface area contributed by atoms with E-state index in [0.717, 1.165) is 5.69 Å². The average Bonchev–Trinajstić information content (AvgIpc) is 2.86. The highest BCUT2D eigenvalue weighted by Gasteiger charge is 2.18. The molecule has 1 unspecified atom stereocenters. The van der Waals surface area contributed by atoms with Gasteiger partial charge in [-0.05, 0) is 24.3 Å². The van der Waals surface area contributed by atoms with Crippen LogP contribution in [0.4, 0.5) is 5.69 Å². The van der Waals surface area contributed by atoms with Crippen molar-refractivity contribution in [2.24, 2.45) is 5.92 Å². The van der Waals surface area contributed by atoms with Crippen LogP contribution in [0.3, 0.4) is 0 Å². The Labute approximate surface area is 139 Å². The minimum Gasteiger partial charge on any atom is -0.322 e. The summed E-state index contributed by atoms with van der Waals surface area (Å²) in [5.41, 5.74) is 1.30. The molecule has 0 aliphatic carbocycles. The van der Waals surface area contributed by atoms with Crippen LogP contribution in [0.1, 0.15) is 20.3 Å². The van der Waals surface area contributed by atoms with Crippen molar-refractivity contribution in [1.82, 2.24) is 14.8 Å². The predicted octanol–water partition coefficient (Wildman–Crippen LogP) is 3.64. The van der Waals surface area contributed by atoms with Crippen LogP contribution >= 0.6 is 23.4 Å². The molecule has 2 rings (SSSR count). The number of anilines is 1. The normalized spacial score (nSPS) is 12.4. The molecule has 0 spiro atoms. The maximum absolute atomic E-state index is 12.2. The van der Waals surface area contributed by atoms with E-state index < -0.39 is 0 Å². The van der Waals surface area contributed by atoms with Gasteiger partial charge in [0, 0.05) is 17.9 Å². The molecule has 7 heteroatoms. The average molecular weight is 339 g/mol. The lowest BCUT2D eigenvalue weighted by atomic mass is 10.1. The maximum Gasteiger partial charge on any atom is 0.225 e. The van der Waals surface area contributed by atoms with Gasteiger partial charge in [0.1, 0.15) is 0 Å². The van der Waals surface area contributed by atoms with E-state index in [1.807, 2.05) is 18.4 Å². The molecule has 0 aliphatic heterocycles. The zero-order valence-corrected chi connectivity index (χ0v) is 14.4. The monoisotopic (exact) mass is 338 g/mol. The van der Waals surface area contributed by atoms with Crippen molar-refractivity contribution in [3.8, 4) is 5.69 Å². The third-order valence-electron chi connectivity index (χ3n) is 3.29. The fraction of sp³-hybridized carbons (Fsp3) is 0.400. The number of aromatic nitrogens is 3. The Balaban J connectivity index is 2.07. The minimum atomic E-state index is -0.0549. The number of rotatable bonds is 6. The Kier molecular flexibility index (Phi) is 5.85. The number of halogens is 1. The van der Waals surface area contributed by atoms with Crippen molar-refractivity contribution in [3.05, 3.63) is 35.9 Å². The molecule has 0 aliphatic rings. The highest BCUT2D eigenvalue weighted by molar-refractivity contribution is 7.99. The molecular weight excluding hydrogens is 320 g/mol. The summed E-state index contributed by atoms with van der Waals surface area (Å²) in [7, 11) is 0. The molecule has 1 atom stereocenters. The molecule has 2 heterocycles. The predicted molar refractivity (Wildman–Crippen MR) is 91.8 cm³/mol. The number of hydrogen-bond acceptors (Lipinski definition) is 4. The summed E-state index contributed by atoms with van der Waals surface area (Å²) >= 11 is 7.80. The van der Waals surface area contributed by atoms with E-state index in [0.29, 0.717) is 18.0 Å². The first kappa shape index (κ1) is 16.8. The van der Waals surface area contributed by atoms with Crippen molar-refractivity contribution in [2.75, 3.05) is 11.6 Å². The van der Waals surface area contributed by atoms with Crippen molar-refractivity contribution in [2.45, 2.75) is 25.5 Å². The summed E-state index contributed by atoms with van der Waals surface area (Å²) in [6.07, 6.45) is 7.53. The first-order valence-corrected chi connectivity index (χ1v) is 8.66. The fourth-order valence-corrected chi connectivity index (χ4v) is 3.07. The Morgan fingerprint density at radius 2 is 2.27 bits per heavy atom. The van der Waals surface area contributed by atoms with Gasteiger partial charge in [0.15, 0.2) is 5.15 Å². The zero-order valence-electron chi connectivity index (χ0n) is 12.8. The lowest BCUT2D eigenvalue weighted by Gasteiger charge is -2.17. The van der Waals surface area contributed by atoms with Crippen LogP contribution in [-0.2, 0) is 4.79 Å². The van der Waals surface area contributed by atoms with Gasteiger partial charge in [-0.25, -0.2) is 4.68 Å². The number of amides is 1. The summed E-state index contributed by atoms with van der Waals surface area (Å²) in [6.45, 7) is 4.23. The second kappa shape index (κ2) is 7.65. The Morgan fingerprint density at radius 1 is 1.50 bits per heavy atom. The Bertz CT molecular complexity index is 630. The van der Waals surface area contributed by atoms with Crippen molar-refractivity contribution in [3.63, 3.8) is 0 Å². The first-order valence-electron chi connectivity index (χ1n) is 6.99. The van der Waals surface area contributed by atoms with Crippen molar-refractivity contribution in [1.29, 1.82) is 0 Å². The molecule has 1 N–H and O–H groups in total. The van der Waals surface area contributed by atoms with Crippen LogP contribution in [0, 0.1) is 5.92 Å². The molecule has 0 aromatic carbocycles. The SMILES string of the molecule is CSC(CC(=O)Nc1cn(-c2cccnc2)nc1Cl)C(C)C. The summed E-state index contributed by atoms with van der Waals surface area (Å²) in [5, 5.41) is 7.57. The lowest BCUT2D eigenvalue weighted by molar-refractivity contribution is -0.116. The third kappa shape index (κ3) is 4.24. The van der Waals surface area contributed by atoms with E-state index >= 15 is 0 Å². The van der Waals surface area contributed by atoms with Gasteiger partial charge < -0.3 is 5.32 Å². The fourth-order valence-electron chi connectivity index (χ4n) is 2.03. The van der Waals surface area contributed by atoms with E-state index in [9.17, 15) is 4.79 Å². The summed E-state index contributed by atoms with van der Waals surface area (Å²) < 4.78 is 1.60. The lowest BCUT2D eigenvalue weighted by Crippen LogP contribution is -2.21. The highest BCUT2D eigenvalue weighted by Crippen LogP contribution is 2.24. The number of nitrogens with one attached hydrogen (secondary N) is 1. The summed E-state index contributed by atoms with van der Waals surface area (Å²) in [5.74, 6) is 0.384. The topological polar surface area (TPSA) is 59.8 Å². The van der Waals surface area contributed by atoms with Crippen LogP contribution in [0.5, 0.6) is 0 Å². The minimum absolute atomic E-state index is 0.0549. The number of hydrogen-bond donors (Lipinski definition) is 1. The molecule has 0 fully saturated rings. The number of pyridine rings is 1. The van der Waals surface area contributed by atoms with Crippen LogP contribution in [0.25, 0.3) is 5.69 Å². The molecular formula is C15H19ClN4OS. The summed E-state index contributed by atoms with van der Waals surface area (Å²) in [4.78, 5) is 16.2. The van der Waals surface area contributed by atoms with Gasteiger partial charge in [-0.2, -0.15) is 16.9 Å². The molecule has 1 amide bonds. The van der Waals surface area contributed by atoms with Crippen molar-refractivity contribution >= 4 is 35.0 Å². The van der Waals surface area contributed by atoms with Gasteiger partial charge in [0.05, 0.1) is 23.8 Å². The van der Waals surface area contributed by atoms with Gasteiger partial charge in [-0.1, -0.05) is 25.4 Å². The van der Waals surface area contributed by atoms with Gasteiger partial charge in [0.2, 0.25) is 5.91 Å². The first-order chi connectivity index (χ1) is 10.5. The van der Waals surface area contributed by atoms with Gasteiger partial charge in [-0.15, -0.1) is 0 Å². The van der Waals surface area contributed by atoms with Crippen LogP contribution in [0.2, 0.25) is 5.15 Å². The molecule has 5 nitrogen and oxygen atoms in total. The van der Waals surface area contributed by atoms with E-state index in [1.165, 1.54) is 0 Å².